The van der Waals surface area contributed by atoms with Crippen molar-refractivity contribution in [2.24, 2.45) is 5.41 Å². The van der Waals surface area contributed by atoms with Gasteiger partial charge in [0.1, 0.15) is 0 Å². The zero-order valence-electron chi connectivity index (χ0n) is 12.6. The van der Waals surface area contributed by atoms with Crippen LogP contribution < -0.4 is 10.6 Å². The van der Waals surface area contributed by atoms with Gasteiger partial charge in [-0.3, -0.25) is 4.79 Å². The molecule has 114 valence electrons. The molecule has 4 nitrogen and oxygen atoms in total. The monoisotopic (exact) mass is 280 g/mol. The highest BCUT2D eigenvalue weighted by Gasteiger charge is 2.57. The van der Waals surface area contributed by atoms with Crippen molar-refractivity contribution in [2.45, 2.75) is 76.5 Å². The Morgan fingerprint density at radius 3 is 2.80 bits per heavy atom. The Balaban J connectivity index is 1.53. The summed E-state index contributed by atoms with van der Waals surface area (Å²) in [6.45, 7) is 3.93. The molecule has 1 amide bonds. The van der Waals surface area contributed by atoms with Crippen LogP contribution in [0.3, 0.4) is 0 Å². The summed E-state index contributed by atoms with van der Waals surface area (Å²) in [5.41, 5.74) is 0.259. The molecule has 3 atom stereocenters. The maximum Gasteiger partial charge on any atom is 0.221 e. The first kappa shape index (κ1) is 14.3. The fraction of sp³-hybridized carbons (Fsp3) is 0.938. The predicted molar refractivity (Wildman–Crippen MR) is 78.5 cm³/mol. The second-order valence-corrected chi connectivity index (χ2v) is 6.74. The third-order valence-electron chi connectivity index (χ3n) is 5.62. The average molecular weight is 280 g/mol. The van der Waals surface area contributed by atoms with Crippen LogP contribution in [0.2, 0.25) is 0 Å². The lowest BCUT2D eigenvalue weighted by atomic mass is 9.60. The normalized spacial score (nSPS) is 35.1. The Bertz CT molecular complexity index is 346. The first-order chi connectivity index (χ1) is 9.74. The lowest BCUT2D eigenvalue weighted by Gasteiger charge is -2.54. The molecule has 3 aliphatic rings. The average Bonchev–Trinajstić information content (AvgIpc) is 3.09. The van der Waals surface area contributed by atoms with E-state index in [4.69, 9.17) is 4.74 Å². The molecule has 2 aliphatic carbocycles. The zero-order valence-corrected chi connectivity index (χ0v) is 12.6. The van der Waals surface area contributed by atoms with Crippen LogP contribution in [-0.2, 0) is 9.53 Å². The van der Waals surface area contributed by atoms with Crippen molar-refractivity contribution >= 4 is 5.91 Å². The van der Waals surface area contributed by atoms with Crippen molar-refractivity contribution in [3.05, 3.63) is 0 Å². The fourth-order valence-corrected chi connectivity index (χ4v) is 4.50. The van der Waals surface area contributed by atoms with Crippen LogP contribution in [0.4, 0.5) is 0 Å². The van der Waals surface area contributed by atoms with Crippen molar-refractivity contribution in [3.8, 4) is 0 Å². The van der Waals surface area contributed by atoms with E-state index in [1.807, 2.05) is 0 Å². The SMILES string of the molecule is CCOC1CC(NC(=O)CC2CCCN2)C12CCCC2. The molecule has 3 fully saturated rings. The van der Waals surface area contributed by atoms with E-state index in [2.05, 4.69) is 17.6 Å². The molecule has 2 N–H and O–H groups in total. The fourth-order valence-electron chi connectivity index (χ4n) is 4.50. The Kier molecular flexibility index (Phi) is 4.32. The van der Waals surface area contributed by atoms with Crippen LogP contribution in [0.15, 0.2) is 0 Å². The molecule has 20 heavy (non-hydrogen) atoms. The van der Waals surface area contributed by atoms with Crippen LogP contribution in [0.25, 0.3) is 0 Å². The van der Waals surface area contributed by atoms with E-state index in [-0.39, 0.29) is 11.3 Å². The van der Waals surface area contributed by atoms with Crippen molar-refractivity contribution < 1.29 is 9.53 Å². The number of amides is 1. The predicted octanol–water partition coefficient (Wildman–Crippen LogP) is 1.98. The number of rotatable bonds is 5. The van der Waals surface area contributed by atoms with Gasteiger partial charge in [0.25, 0.3) is 0 Å². The second-order valence-electron chi connectivity index (χ2n) is 6.74. The van der Waals surface area contributed by atoms with Gasteiger partial charge in [-0.15, -0.1) is 0 Å². The summed E-state index contributed by atoms with van der Waals surface area (Å²) in [5.74, 6) is 0.232. The van der Waals surface area contributed by atoms with Gasteiger partial charge in [0.05, 0.1) is 6.10 Å². The molecule has 1 saturated heterocycles. The summed E-state index contributed by atoms with van der Waals surface area (Å²) >= 11 is 0. The minimum absolute atomic E-state index is 0.232. The lowest BCUT2D eigenvalue weighted by molar-refractivity contribution is -0.144. The van der Waals surface area contributed by atoms with Gasteiger partial charge < -0.3 is 15.4 Å². The summed E-state index contributed by atoms with van der Waals surface area (Å²) in [6.07, 6.45) is 9.42. The molecule has 3 unspecified atom stereocenters. The number of hydrogen-bond acceptors (Lipinski definition) is 3. The van der Waals surface area contributed by atoms with Crippen LogP contribution in [0.1, 0.15) is 58.3 Å². The van der Waals surface area contributed by atoms with Gasteiger partial charge in [-0.05, 0) is 45.6 Å². The third-order valence-corrected chi connectivity index (χ3v) is 5.62. The molecule has 4 heteroatoms. The Hall–Kier alpha value is -0.610. The van der Waals surface area contributed by atoms with Gasteiger partial charge in [0.2, 0.25) is 5.91 Å². The van der Waals surface area contributed by atoms with Crippen LogP contribution in [0, 0.1) is 5.41 Å². The maximum absolute atomic E-state index is 12.2. The molecule has 1 heterocycles. The van der Waals surface area contributed by atoms with Crippen molar-refractivity contribution in [2.75, 3.05) is 13.2 Å². The summed E-state index contributed by atoms with van der Waals surface area (Å²) in [4.78, 5) is 12.2. The zero-order chi connectivity index (χ0) is 14.0. The topological polar surface area (TPSA) is 50.4 Å². The first-order valence-corrected chi connectivity index (χ1v) is 8.39. The Morgan fingerprint density at radius 1 is 1.35 bits per heavy atom. The van der Waals surface area contributed by atoms with Crippen LogP contribution >= 0.6 is 0 Å². The summed E-state index contributed by atoms with van der Waals surface area (Å²) < 4.78 is 5.90. The maximum atomic E-state index is 12.2. The van der Waals surface area contributed by atoms with Gasteiger partial charge in [-0.25, -0.2) is 0 Å². The third kappa shape index (κ3) is 2.60. The van der Waals surface area contributed by atoms with E-state index < -0.39 is 0 Å². The largest absolute Gasteiger partial charge is 0.378 e. The van der Waals surface area contributed by atoms with Gasteiger partial charge in [0.15, 0.2) is 0 Å². The first-order valence-electron chi connectivity index (χ1n) is 8.39. The van der Waals surface area contributed by atoms with E-state index >= 15 is 0 Å². The van der Waals surface area contributed by atoms with E-state index in [1.165, 1.54) is 32.1 Å². The second kappa shape index (κ2) is 6.02. The van der Waals surface area contributed by atoms with Gasteiger partial charge in [-0.2, -0.15) is 0 Å². The van der Waals surface area contributed by atoms with Gasteiger partial charge in [0, 0.05) is 30.5 Å². The van der Waals surface area contributed by atoms with Gasteiger partial charge >= 0.3 is 0 Å². The highest BCUT2D eigenvalue weighted by atomic mass is 16.5. The smallest absolute Gasteiger partial charge is 0.221 e. The van der Waals surface area contributed by atoms with Crippen LogP contribution in [0.5, 0.6) is 0 Å². The van der Waals surface area contributed by atoms with Crippen molar-refractivity contribution in [3.63, 3.8) is 0 Å². The number of ether oxygens (including phenoxy) is 1. The quantitative estimate of drug-likeness (QED) is 0.809. The number of nitrogens with one attached hydrogen (secondary N) is 2. The summed E-state index contributed by atoms with van der Waals surface area (Å²) in [6, 6.07) is 0.757. The van der Waals surface area contributed by atoms with E-state index in [0.717, 1.165) is 26.0 Å². The molecular weight excluding hydrogens is 252 g/mol. The molecule has 0 bridgehead atoms. The van der Waals surface area contributed by atoms with E-state index in [0.29, 0.717) is 24.6 Å². The van der Waals surface area contributed by atoms with E-state index in [9.17, 15) is 4.79 Å². The van der Waals surface area contributed by atoms with Gasteiger partial charge in [-0.1, -0.05) is 12.8 Å². The highest BCUT2D eigenvalue weighted by Crippen LogP contribution is 2.54. The molecule has 1 spiro atoms. The molecule has 0 radical (unpaired) electrons. The molecule has 2 saturated carbocycles. The minimum atomic E-state index is 0.232. The van der Waals surface area contributed by atoms with E-state index in [1.54, 1.807) is 0 Å². The molecule has 1 aliphatic heterocycles. The number of hydrogen-bond donors (Lipinski definition) is 2. The Labute approximate surface area is 122 Å². The molecule has 3 rings (SSSR count). The van der Waals surface area contributed by atoms with Crippen molar-refractivity contribution in [1.82, 2.24) is 10.6 Å². The minimum Gasteiger partial charge on any atom is -0.378 e. The summed E-state index contributed by atoms with van der Waals surface area (Å²) in [7, 11) is 0. The summed E-state index contributed by atoms with van der Waals surface area (Å²) in [5, 5.41) is 6.71. The number of carbonyl (C=O) groups is 1. The highest BCUT2D eigenvalue weighted by molar-refractivity contribution is 5.77. The standard InChI is InChI=1S/C16H28N2O2/c1-2-20-14-11-13(16(14)7-3-4-8-16)18-15(19)10-12-6-5-9-17-12/h12-14,17H,2-11H2,1H3,(H,18,19). The molecular formula is C16H28N2O2. The number of carbonyl (C=O) groups excluding carboxylic acids is 1. The van der Waals surface area contributed by atoms with Crippen LogP contribution in [-0.4, -0.2) is 37.2 Å². The molecule has 0 aromatic heterocycles. The Morgan fingerprint density at radius 2 is 2.15 bits per heavy atom. The van der Waals surface area contributed by atoms with Crippen molar-refractivity contribution in [1.29, 1.82) is 0 Å². The molecule has 0 aromatic carbocycles. The lowest BCUT2D eigenvalue weighted by Crippen LogP contribution is -2.63. The molecule has 0 aromatic rings.